The summed E-state index contributed by atoms with van der Waals surface area (Å²) in [5.74, 6) is 0. The maximum absolute atomic E-state index is 5.72. The van der Waals surface area contributed by atoms with E-state index in [0.717, 1.165) is 19.6 Å². The molecule has 90 valence electrons. The Balaban J connectivity index is 1.57. The van der Waals surface area contributed by atoms with E-state index in [0.29, 0.717) is 13.2 Å². The van der Waals surface area contributed by atoms with E-state index < -0.39 is 0 Å². The first-order valence-corrected chi connectivity index (χ1v) is 5.74. The van der Waals surface area contributed by atoms with Crippen molar-refractivity contribution in [2.24, 2.45) is 0 Å². The molecule has 1 aromatic rings. The van der Waals surface area contributed by atoms with Crippen molar-refractivity contribution in [3.63, 3.8) is 0 Å². The van der Waals surface area contributed by atoms with Gasteiger partial charge in [-0.15, -0.1) is 0 Å². The van der Waals surface area contributed by atoms with E-state index in [-0.39, 0.29) is 12.2 Å². The number of rotatable bonds is 5. The van der Waals surface area contributed by atoms with E-state index in [1.165, 1.54) is 0 Å². The van der Waals surface area contributed by atoms with Gasteiger partial charge in [0.2, 0.25) is 0 Å². The van der Waals surface area contributed by atoms with Crippen LogP contribution in [0.2, 0.25) is 0 Å². The molecule has 0 aromatic carbocycles. The summed E-state index contributed by atoms with van der Waals surface area (Å²) in [6.45, 7) is 6.10. The largest absolute Gasteiger partial charge is 0.377 e. The minimum atomic E-state index is 0.187. The van der Waals surface area contributed by atoms with Crippen LogP contribution in [0.4, 0.5) is 0 Å². The van der Waals surface area contributed by atoms with Crippen LogP contribution in [0.15, 0.2) is 18.7 Å². The van der Waals surface area contributed by atoms with Gasteiger partial charge in [0, 0.05) is 32.0 Å². The van der Waals surface area contributed by atoms with Gasteiger partial charge in [0.15, 0.2) is 0 Å². The second kappa shape index (κ2) is 5.98. The normalized spacial score (nSPS) is 25.8. The average Bonchev–Trinajstić information content (AvgIpc) is 2.77. The summed E-state index contributed by atoms with van der Waals surface area (Å²) in [6.07, 6.45) is 5.98. The van der Waals surface area contributed by atoms with Gasteiger partial charge >= 0.3 is 0 Å². The summed E-state index contributed by atoms with van der Waals surface area (Å²) in [5, 5.41) is 3.32. The van der Waals surface area contributed by atoms with Crippen molar-refractivity contribution in [1.29, 1.82) is 0 Å². The predicted octanol–water partition coefficient (Wildman–Crippen LogP) is 0.277. The number of nitrogens with one attached hydrogen (secondary N) is 1. The van der Waals surface area contributed by atoms with Crippen molar-refractivity contribution in [3.05, 3.63) is 18.7 Å². The van der Waals surface area contributed by atoms with E-state index in [1.807, 2.05) is 10.8 Å². The van der Waals surface area contributed by atoms with E-state index in [2.05, 4.69) is 17.2 Å². The highest BCUT2D eigenvalue weighted by molar-refractivity contribution is 4.74. The van der Waals surface area contributed by atoms with Gasteiger partial charge in [-0.3, -0.25) is 0 Å². The van der Waals surface area contributed by atoms with Crippen molar-refractivity contribution in [2.75, 3.05) is 26.3 Å². The van der Waals surface area contributed by atoms with Crippen LogP contribution in [0, 0.1) is 0 Å². The molecule has 0 radical (unpaired) electrons. The molecule has 1 aromatic heterocycles. The molecule has 2 heterocycles. The molecule has 1 N–H and O–H groups in total. The molecule has 16 heavy (non-hydrogen) atoms. The number of aromatic nitrogens is 2. The lowest BCUT2D eigenvalue weighted by atomic mass is 10.2. The van der Waals surface area contributed by atoms with Crippen LogP contribution in [0.5, 0.6) is 0 Å². The molecule has 5 nitrogen and oxygen atoms in total. The number of nitrogens with zero attached hydrogens (tertiary/aromatic N) is 2. The maximum Gasteiger partial charge on any atom is 0.0946 e. The van der Waals surface area contributed by atoms with E-state index >= 15 is 0 Å². The zero-order chi connectivity index (χ0) is 11.2. The summed E-state index contributed by atoms with van der Waals surface area (Å²) in [4.78, 5) is 3.97. The Bertz CT molecular complexity index is 289. The fraction of sp³-hybridized carbons (Fsp3) is 0.727. The fourth-order valence-electron chi connectivity index (χ4n) is 1.77. The number of hydrogen-bond acceptors (Lipinski definition) is 4. The number of ether oxygens (including phenoxy) is 2. The second-order valence-electron chi connectivity index (χ2n) is 4.10. The van der Waals surface area contributed by atoms with Crippen LogP contribution < -0.4 is 5.32 Å². The summed E-state index contributed by atoms with van der Waals surface area (Å²) in [6, 6.07) is 0. The van der Waals surface area contributed by atoms with Gasteiger partial charge in [0.25, 0.3) is 0 Å². The monoisotopic (exact) mass is 225 g/mol. The summed E-state index contributed by atoms with van der Waals surface area (Å²) >= 11 is 0. The van der Waals surface area contributed by atoms with Crippen molar-refractivity contribution < 1.29 is 9.47 Å². The Labute approximate surface area is 95.8 Å². The molecule has 0 amide bonds. The average molecular weight is 225 g/mol. The molecule has 5 heteroatoms. The first kappa shape index (κ1) is 11.6. The van der Waals surface area contributed by atoms with Crippen molar-refractivity contribution in [2.45, 2.75) is 25.7 Å². The summed E-state index contributed by atoms with van der Waals surface area (Å²) < 4.78 is 13.3. The molecule has 2 atom stereocenters. The molecule has 1 aliphatic rings. The molecule has 1 saturated heterocycles. The molecule has 1 aliphatic heterocycles. The van der Waals surface area contributed by atoms with Gasteiger partial charge in [-0.05, 0) is 6.92 Å². The van der Waals surface area contributed by atoms with Gasteiger partial charge in [0.1, 0.15) is 0 Å². The molecular formula is C11H19N3O2. The van der Waals surface area contributed by atoms with Crippen LogP contribution in [-0.2, 0) is 16.0 Å². The van der Waals surface area contributed by atoms with Gasteiger partial charge in [-0.25, -0.2) is 4.98 Å². The van der Waals surface area contributed by atoms with Crippen LogP contribution in [-0.4, -0.2) is 48.1 Å². The fourth-order valence-corrected chi connectivity index (χ4v) is 1.77. The van der Waals surface area contributed by atoms with Gasteiger partial charge in [-0.1, -0.05) is 0 Å². The van der Waals surface area contributed by atoms with Crippen molar-refractivity contribution in [3.8, 4) is 0 Å². The Morgan fingerprint density at radius 1 is 1.56 bits per heavy atom. The van der Waals surface area contributed by atoms with Crippen molar-refractivity contribution in [1.82, 2.24) is 14.9 Å². The third kappa shape index (κ3) is 3.59. The minimum absolute atomic E-state index is 0.187. The highest BCUT2D eigenvalue weighted by atomic mass is 16.5. The Morgan fingerprint density at radius 2 is 2.50 bits per heavy atom. The molecular weight excluding hydrogens is 206 g/mol. The number of imidazole rings is 1. The highest BCUT2D eigenvalue weighted by Crippen LogP contribution is 2.03. The zero-order valence-corrected chi connectivity index (χ0v) is 9.63. The Morgan fingerprint density at radius 3 is 3.25 bits per heavy atom. The second-order valence-corrected chi connectivity index (χ2v) is 4.10. The van der Waals surface area contributed by atoms with Gasteiger partial charge in [-0.2, -0.15) is 0 Å². The first-order valence-electron chi connectivity index (χ1n) is 5.74. The molecule has 0 spiro atoms. The van der Waals surface area contributed by atoms with Crippen LogP contribution in [0.1, 0.15) is 6.92 Å². The van der Waals surface area contributed by atoms with Crippen LogP contribution in [0.25, 0.3) is 0 Å². The van der Waals surface area contributed by atoms with E-state index in [4.69, 9.17) is 9.47 Å². The predicted molar refractivity (Wildman–Crippen MR) is 60.3 cm³/mol. The van der Waals surface area contributed by atoms with E-state index in [1.54, 1.807) is 12.5 Å². The third-order valence-corrected chi connectivity index (χ3v) is 2.59. The van der Waals surface area contributed by atoms with Gasteiger partial charge < -0.3 is 19.4 Å². The summed E-state index contributed by atoms with van der Waals surface area (Å²) in [5.41, 5.74) is 0. The third-order valence-electron chi connectivity index (χ3n) is 2.59. The number of morpholine rings is 1. The van der Waals surface area contributed by atoms with Crippen LogP contribution >= 0.6 is 0 Å². The lowest BCUT2D eigenvalue weighted by Crippen LogP contribution is -2.45. The first-order chi connectivity index (χ1) is 7.84. The Kier molecular flexibility index (Phi) is 4.33. The van der Waals surface area contributed by atoms with Crippen LogP contribution in [0.3, 0.4) is 0 Å². The lowest BCUT2D eigenvalue weighted by Gasteiger charge is -2.28. The molecule has 0 saturated carbocycles. The SMILES string of the molecule is CC1CNCC(COCCn2ccnc2)O1. The maximum atomic E-state index is 5.72. The molecule has 0 aliphatic carbocycles. The molecule has 2 rings (SSSR count). The number of hydrogen-bond donors (Lipinski definition) is 1. The zero-order valence-electron chi connectivity index (χ0n) is 9.63. The smallest absolute Gasteiger partial charge is 0.0946 e. The highest BCUT2D eigenvalue weighted by Gasteiger charge is 2.18. The topological polar surface area (TPSA) is 48.3 Å². The van der Waals surface area contributed by atoms with Gasteiger partial charge in [0.05, 0.1) is 31.7 Å². The van der Waals surface area contributed by atoms with E-state index in [9.17, 15) is 0 Å². The van der Waals surface area contributed by atoms with Crippen molar-refractivity contribution >= 4 is 0 Å². The standard InChI is InChI=1S/C11H19N3O2/c1-10-6-13-7-11(16-10)8-15-5-4-14-3-2-12-9-14/h2-3,9-11,13H,4-8H2,1H3. The molecule has 0 bridgehead atoms. The quantitative estimate of drug-likeness (QED) is 0.731. The lowest BCUT2D eigenvalue weighted by molar-refractivity contribution is -0.0693. The molecule has 2 unspecified atom stereocenters. The minimum Gasteiger partial charge on any atom is -0.377 e. The molecule has 1 fully saturated rings. The Hall–Kier alpha value is -0.910. The summed E-state index contributed by atoms with van der Waals surface area (Å²) in [7, 11) is 0.